The molecule has 2 nitrogen and oxygen atoms in total. The zero-order valence-electron chi connectivity index (χ0n) is 7.67. The van der Waals surface area contributed by atoms with Gasteiger partial charge in [0.1, 0.15) is 0 Å². The van der Waals surface area contributed by atoms with Gasteiger partial charge in [-0.3, -0.25) is 4.79 Å². The number of rotatable bonds is 6. The molecule has 0 aromatic rings. The lowest BCUT2D eigenvalue weighted by Gasteiger charge is -2.01. The first-order valence-electron chi connectivity index (χ1n) is 4.15. The van der Waals surface area contributed by atoms with Gasteiger partial charge in [-0.1, -0.05) is 13.3 Å². The van der Waals surface area contributed by atoms with Crippen LogP contribution < -0.4 is 0 Å². The molecule has 0 bridgehead atoms. The van der Waals surface area contributed by atoms with Crippen LogP contribution >= 0.6 is 11.8 Å². The highest BCUT2D eigenvalue weighted by atomic mass is 32.2. The van der Waals surface area contributed by atoms with Crippen molar-refractivity contribution in [2.45, 2.75) is 26.7 Å². The molecule has 3 heteroatoms. The molecule has 0 fully saturated rings. The van der Waals surface area contributed by atoms with E-state index in [1.807, 2.05) is 0 Å². The third kappa shape index (κ3) is 6.43. The van der Waals surface area contributed by atoms with E-state index < -0.39 is 0 Å². The van der Waals surface area contributed by atoms with Crippen molar-refractivity contribution in [2.24, 2.45) is 0 Å². The molecular weight excluding hydrogens is 172 g/mol. The zero-order valence-corrected chi connectivity index (χ0v) is 8.49. The summed E-state index contributed by atoms with van der Waals surface area (Å²) in [6, 6.07) is 0. The van der Waals surface area contributed by atoms with Gasteiger partial charge < -0.3 is 5.11 Å². The van der Waals surface area contributed by atoms with Gasteiger partial charge in [0.25, 0.3) is 0 Å². The fourth-order valence-electron chi connectivity index (χ4n) is 0.707. The molecule has 0 atom stereocenters. The first kappa shape index (κ1) is 11.7. The van der Waals surface area contributed by atoms with Crippen LogP contribution in [0.1, 0.15) is 26.7 Å². The Morgan fingerprint density at radius 1 is 1.58 bits per heavy atom. The summed E-state index contributed by atoms with van der Waals surface area (Å²) in [5.41, 5.74) is 0. The number of carbonyl (C=O) groups excluding carboxylic acids is 1. The maximum Gasteiger partial charge on any atom is 0.153 e. The Morgan fingerprint density at radius 2 is 2.25 bits per heavy atom. The third-order valence-corrected chi connectivity index (χ3v) is 2.42. The number of thioether (sulfide) groups is 1. The quantitative estimate of drug-likeness (QED) is 0.511. The van der Waals surface area contributed by atoms with Crippen molar-refractivity contribution in [2.75, 3.05) is 12.4 Å². The summed E-state index contributed by atoms with van der Waals surface area (Å²) in [7, 11) is 0. The number of hydrogen-bond donors (Lipinski definition) is 1. The first-order valence-corrected chi connectivity index (χ1v) is 5.14. The van der Waals surface area contributed by atoms with Gasteiger partial charge in [0.2, 0.25) is 0 Å². The summed E-state index contributed by atoms with van der Waals surface area (Å²) in [6.07, 6.45) is 3.77. The van der Waals surface area contributed by atoms with Crippen LogP contribution in [0.3, 0.4) is 0 Å². The minimum atomic E-state index is -0.0199. The predicted molar refractivity (Wildman–Crippen MR) is 53.2 cm³/mol. The second-order valence-electron chi connectivity index (χ2n) is 2.58. The summed E-state index contributed by atoms with van der Waals surface area (Å²) in [4.78, 5) is 11.4. The molecular formula is C9H16O2S. The van der Waals surface area contributed by atoms with E-state index in [-0.39, 0.29) is 12.4 Å². The van der Waals surface area contributed by atoms with Gasteiger partial charge in [-0.15, -0.1) is 11.8 Å². The first-order chi connectivity index (χ1) is 5.70. The van der Waals surface area contributed by atoms with Crippen LogP contribution in [0.4, 0.5) is 0 Å². The summed E-state index contributed by atoms with van der Waals surface area (Å²) < 4.78 is 0. The Kier molecular flexibility index (Phi) is 7.20. The standard InChI is InChI=1S/C9H16O2S/c1-3-4-5-12-9(7-10)6-8(2)11/h6,10H,3-5,7H2,1-2H3. The maximum atomic E-state index is 10.6. The number of aliphatic hydroxyl groups is 1. The molecule has 1 N–H and O–H groups in total. The molecule has 0 unspecified atom stereocenters. The van der Waals surface area contributed by atoms with Crippen molar-refractivity contribution in [3.05, 3.63) is 11.0 Å². The van der Waals surface area contributed by atoms with Gasteiger partial charge in [0.15, 0.2) is 5.78 Å². The molecule has 0 heterocycles. The molecule has 70 valence electrons. The second kappa shape index (κ2) is 7.37. The summed E-state index contributed by atoms with van der Waals surface area (Å²) in [6.45, 7) is 3.60. The summed E-state index contributed by atoms with van der Waals surface area (Å²) in [5.74, 6) is 0.985. The van der Waals surface area contributed by atoms with Gasteiger partial charge in [0.05, 0.1) is 6.61 Å². The Morgan fingerprint density at radius 3 is 2.67 bits per heavy atom. The average molecular weight is 188 g/mol. The highest BCUT2D eigenvalue weighted by molar-refractivity contribution is 8.03. The van der Waals surface area contributed by atoms with Crippen molar-refractivity contribution < 1.29 is 9.90 Å². The van der Waals surface area contributed by atoms with Crippen LogP contribution in [0.2, 0.25) is 0 Å². The van der Waals surface area contributed by atoms with E-state index in [1.165, 1.54) is 13.0 Å². The van der Waals surface area contributed by atoms with E-state index in [1.54, 1.807) is 11.8 Å². The number of hydrogen-bond acceptors (Lipinski definition) is 3. The highest BCUT2D eigenvalue weighted by Gasteiger charge is 1.97. The molecule has 0 aliphatic carbocycles. The summed E-state index contributed by atoms with van der Waals surface area (Å²) in [5, 5.41) is 8.83. The van der Waals surface area contributed by atoms with Gasteiger partial charge >= 0.3 is 0 Å². The van der Waals surface area contributed by atoms with E-state index in [4.69, 9.17) is 5.11 Å². The number of carbonyl (C=O) groups is 1. The fourth-order valence-corrected chi connectivity index (χ4v) is 1.74. The van der Waals surface area contributed by atoms with Gasteiger partial charge in [-0.25, -0.2) is 0 Å². The molecule has 0 radical (unpaired) electrons. The molecule has 12 heavy (non-hydrogen) atoms. The Labute approximate surface area is 78.0 Å². The van der Waals surface area contributed by atoms with E-state index in [0.717, 1.165) is 23.5 Å². The number of aliphatic hydroxyl groups excluding tert-OH is 1. The largest absolute Gasteiger partial charge is 0.391 e. The molecule has 0 aliphatic rings. The van der Waals surface area contributed by atoms with Crippen LogP contribution in [0.15, 0.2) is 11.0 Å². The lowest BCUT2D eigenvalue weighted by atomic mass is 10.4. The molecule has 0 saturated carbocycles. The monoisotopic (exact) mass is 188 g/mol. The minimum absolute atomic E-state index is 0.00282. The zero-order chi connectivity index (χ0) is 9.40. The SMILES string of the molecule is CCCCSC(=CC(C)=O)CO. The van der Waals surface area contributed by atoms with Gasteiger partial charge in [-0.05, 0) is 25.2 Å². The van der Waals surface area contributed by atoms with Crippen LogP contribution in [-0.4, -0.2) is 23.2 Å². The molecule has 0 aliphatic heterocycles. The Balaban J connectivity index is 3.75. The highest BCUT2D eigenvalue weighted by Crippen LogP contribution is 2.16. The van der Waals surface area contributed by atoms with Crippen molar-refractivity contribution in [1.29, 1.82) is 0 Å². The molecule has 0 aromatic carbocycles. The smallest absolute Gasteiger partial charge is 0.153 e. The van der Waals surface area contributed by atoms with Crippen LogP contribution in [0, 0.1) is 0 Å². The minimum Gasteiger partial charge on any atom is -0.391 e. The Hall–Kier alpha value is -0.280. The third-order valence-electron chi connectivity index (χ3n) is 1.31. The molecule has 0 aromatic heterocycles. The van der Waals surface area contributed by atoms with E-state index in [2.05, 4.69) is 6.92 Å². The number of unbranched alkanes of at least 4 members (excludes halogenated alkanes) is 1. The normalized spacial score (nSPS) is 11.8. The van der Waals surface area contributed by atoms with Crippen LogP contribution in [0.25, 0.3) is 0 Å². The van der Waals surface area contributed by atoms with E-state index in [0.29, 0.717) is 0 Å². The second-order valence-corrected chi connectivity index (χ2v) is 3.80. The van der Waals surface area contributed by atoms with Crippen molar-refractivity contribution >= 4 is 17.5 Å². The van der Waals surface area contributed by atoms with Crippen molar-refractivity contribution in [3.8, 4) is 0 Å². The fraction of sp³-hybridized carbons (Fsp3) is 0.667. The van der Waals surface area contributed by atoms with Gasteiger partial charge in [-0.2, -0.15) is 0 Å². The molecule has 0 spiro atoms. The topological polar surface area (TPSA) is 37.3 Å². The molecule has 0 saturated heterocycles. The van der Waals surface area contributed by atoms with Crippen LogP contribution in [-0.2, 0) is 4.79 Å². The van der Waals surface area contributed by atoms with Crippen LogP contribution in [0.5, 0.6) is 0 Å². The summed E-state index contributed by atoms with van der Waals surface area (Å²) >= 11 is 1.56. The number of allylic oxidation sites excluding steroid dienone is 1. The lowest BCUT2D eigenvalue weighted by molar-refractivity contribution is -0.112. The van der Waals surface area contributed by atoms with Crippen molar-refractivity contribution in [3.63, 3.8) is 0 Å². The van der Waals surface area contributed by atoms with Gasteiger partial charge in [0, 0.05) is 4.91 Å². The maximum absolute atomic E-state index is 10.6. The number of ketones is 1. The Bertz CT molecular complexity index is 164. The predicted octanol–water partition coefficient (Wildman–Crippen LogP) is 1.98. The average Bonchev–Trinajstić information content (AvgIpc) is 2.02. The molecule has 0 amide bonds. The molecule has 0 rings (SSSR count). The lowest BCUT2D eigenvalue weighted by Crippen LogP contribution is -1.92. The van der Waals surface area contributed by atoms with Crippen molar-refractivity contribution in [1.82, 2.24) is 0 Å². The van der Waals surface area contributed by atoms with E-state index in [9.17, 15) is 4.79 Å². The van der Waals surface area contributed by atoms with E-state index >= 15 is 0 Å².